The molecule has 2 aliphatic heterocycles. The molecule has 0 spiro atoms. The molecule has 62 heteroatoms. The molecule has 0 bridgehead atoms. The second kappa shape index (κ2) is 63.7. The number of aliphatic carboxylic acids is 3. The van der Waals surface area contributed by atoms with Crippen molar-refractivity contribution in [2.75, 3.05) is 77.8 Å². The van der Waals surface area contributed by atoms with Crippen LogP contribution in [0.25, 0.3) is 0 Å². The Morgan fingerprint density at radius 1 is 0.411 bits per heavy atom. The van der Waals surface area contributed by atoms with Crippen LogP contribution < -0.4 is 135 Å². The molecule has 22 amide bonds. The Morgan fingerprint density at radius 2 is 0.788 bits per heavy atom. The fraction of sp³-hybridized carbons (Fsp3) is 0.643. The van der Waals surface area contributed by atoms with E-state index in [0.717, 1.165) is 11.8 Å². The van der Waals surface area contributed by atoms with Crippen molar-refractivity contribution in [2.45, 2.75) is 254 Å². The number of aromatic nitrogens is 2. The molecule has 17 atom stereocenters. The lowest BCUT2D eigenvalue weighted by atomic mass is 10.0. The zero-order valence-electron chi connectivity index (χ0n) is 81.8. The number of aliphatic hydroxyl groups is 2. The summed E-state index contributed by atoms with van der Waals surface area (Å²) in [6, 6.07) is -25.0. The average molecular weight is 2090 g/mol. The third-order valence-electron chi connectivity index (χ3n) is 22.3. The second-order valence-corrected chi connectivity index (χ2v) is 35.1. The highest BCUT2D eigenvalue weighted by atomic mass is 32.1. The number of carboxylic acid groups (broad SMARTS) is 3. The second-order valence-electron chi connectivity index (χ2n) is 34.7. The van der Waals surface area contributed by atoms with Crippen LogP contribution in [0.4, 0.5) is 0 Å². The van der Waals surface area contributed by atoms with Crippen molar-refractivity contribution in [3.8, 4) is 0 Å². The summed E-state index contributed by atoms with van der Waals surface area (Å²) < 4.78 is 0. The Morgan fingerprint density at radius 3 is 1.23 bits per heavy atom. The number of thiol groups is 1. The number of carbonyl (C=O) groups is 25. The van der Waals surface area contributed by atoms with Crippen LogP contribution in [0.5, 0.6) is 0 Å². The molecule has 3 heterocycles. The zero-order valence-corrected chi connectivity index (χ0v) is 82.7. The fourth-order valence-electron chi connectivity index (χ4n) is 14.2. The highest BCUT2D eigenvalue weighted by molar-refractivity contribution is 7.80. The van der Waals surface area contributed by atoms with Gasteiger partial charge in [0.2, 0.25) is 130 Å². The largest absolute Gasteiger partial charge is 0.481 e. The SMILES string of the molecule is CC(C)[C@H](NC(=O)[C@H](CCCNC(=N)N)NC(=O)[C@H](CCC(=O)O)NC(=O)[C@H](C)NC(=O)[C@H](CCC(=O)O)NC(=O)[C@H](CCC(N)=O)NC(=O)[C@H](Cc1cnc[nH]1)NC(=O)[C@@H](NC(=O)[C@H](CS)NC(=O)CNC(=O)[C@H](CO)NC(=O)[C@H](C)NC(=O)CNC(=O)[C@@H]1CCCN1C(=O)CNC(=O)[C@@H]1CCCN1C(=O)CNC(=O)[C@H](C)NC(=O)[C@H](CCCNC(=N)N)NC(=O)[C@@H](NC(=O)CNC(=O)CN)[C@@H](C)O)C(C)C)C(=O)O. The Hall–Kier alpha value is -15.3. The minimum Gasteiger partial charge on any atom is -0.481 e. The molecule has 2 fully saturated rings. The molecular weight excluding hydrogens is 1960 g/mol. The van der Waals surface area contributed by atoms with Crippen LogP contribution in [-0.2, 0) is 126 Å². The number of imidazole rings is 1. The molecule has 0 unspecified atom stereocenters. The summed E-state index contributed by atoms with van der Waals surface area (Å²) in [7, 11) is 0. The fourth-order valence-corrected chi connectivity index (χ4v) is 14.5. The number of likely N-dealkylation sites (tertiary alicyclic amines) is 2. The number of nitrogens with one attached hydrogen (secondary N) is 24. The Bertz CT molecular complexity index is 4800. The number of rotatable bonds is 65. The molecule has 146 heavy (non-hydrogen) atoms. The standard InChI is InChI=1S/C84H137N31O30S/c1-38(2)64(80(142)109-50(27-44-29-91-37-99-44)76(138)107-47(17-20-55(86)118)73(135)106-48(18-21-62(125)126)72(134)102-42(7)69(131)104-49(19-22-63(127)128)74(136)105-46(14-10-24-93-84(89)90)75(137)113-65(39(3)4)82(144)145)112-77(139)52(36-146)103-58(121)32-95-70(132)51(35-116)110-68(130)41(6)100-57(120)31-96-78(140)53-15-11-25-114(53)61(124)34-98-79(141)54-16-12-26-115(54)60(123)33-97-67(129)40(5)101-71(133)45(13-9-23-92-83(87)88)108-81(143)66(43(8)117)111-59(122)30-94-56(119)28-85/h29,37-43,45-54,64-66,116-117,146H,9-28,30-36,85H2,1-8H3,(H2,86,118)(H,91,99)(H,94,119)(H,95,132)(H,96,140)(H,97,129)(H,98,141)(H,100,120)(H,101,133)(H,102,134)(H,103,121)(H,104,131)(H,105,136)(H,106,135)(H,107,138)(H,108,143)(H,109,142)(H,110,130)(H,111,122)(H,112,139)(H,113,137)(H,125,126)(H,127,128)(H,144,145)(H4,87,88,92)(H4,89,90,93)/t40-,41-,42-,43+,45-,46-,47-,48-,49-,50-,51-,52-,53-,54-,64-,65-,66-/m0/s1. The van der Waals surface area contributed by atoms with Gasteiger partial charge in [-0.2, -0.15) is 12.6 Å². The molecule has 61 nitrogen and oxygen atoms in total. The van der Waals surface area contributed by atoms with Crippen LogP contribution in [0.1, 0.15) is 151 Å². The van der Waals surface area contributed by atoms with Gasteiger partial charge in [-0.05, 0) is 110 Å². The van der Waals surface area contributed by atoms with Gasteiger partial charge in [0.15, 0.2) is 11.9 Å². The number of carbonyl (C=O) groups excluding carboxylic acids is 22. The number of aliphatic hydroxyl groups excluding tert-OH is 2. The summed E-state index contributed by atoms with van der Waals surface area (Å²) in [4.78, 5) is 341. The van der Waals surface area contributed by atoms with Crippen LogP contribution >= 0.6 is 12.6 Å². The normalized spacial score (nSPS) is 16.1. The van der Waals surface area contributed by atoms with E-state index in [1.54, 1.807) is 0 Å². The number of primary amides is 1. The molecule has 2 aliphatic rings. The van der Waals surface area contributed by atoms with E-state index in [9.17, 15) is 145 Å². The average Bonchev–Trinajstić information content (AvgIpc) is 1.12. The maximum Gasteiger partial charge on any atom is 0.326 e. The van der Waals surface area contributed by atoms with E-state index in [-0.39, 0.29) is 70.4 Å². The Kier molecular flexibility index (Phi) is 54.5. The molecule has 37 N–H and O–H groups in total. The molecular formula is C84H137N31O30S. The minimum atomic E-state index is -1.89. The van der Waals surface area contributed by atoms with Crippen molar-refractivity contribution in [1.82, 2.24) is 131 Å². The first kappa shape index (κ1) is 125. The van der Waals surface area contributed by atoms with Gasteiger partial charge in [0.1, 0.15) is 96.7 Å². The lowest BCUT2D eigenvalue weighted by Gasteiger charge is -2.28. The van der Waals surface area contributed by atoms with Crippen molar-refractivity contribution >= 4 is 172 Å². The van der Waals surface area contributed by atoms with Gasteiger partial charge in [-0.25, -0.2) is 9.78 Å². The molecule has 2 saturated heterocycles. The van der Waals surface area contributed by atoms with Gasteiger partial charge in [-0.1, -0.05) is 27.7 Å². The summed E-state index contributed by atoms with van der Waals surface area (Å²) in [6.07, 6.45) is -2.97. The van der Waals surface area contributed by atoms with Gasteiger partial charge >= 0.3 is 17.9 Å². The van der Waals surface area contributed by atoms with E-state index in [1.807, 2.05) is 0 Å². The maximum absolute atomic E-state index is 14.5. The first-order chi connectivity index (χ1) is 68.6. The van der Waals surface area contributed by atoms with Gasteiger partial charge in [-0.3, -0.25) is 126 Å². The summed E-state index contributed by atoms with van der Waals surface area (Å²) >= 11 is 4.17. The molecule has 814 valence electrons. The van der Waals surface area contributed by atoms with Crippen molar-refractivity contribution in [3.05, 3.63) is 18.2 Å². The predicted octanol–water partition coefficient (Wildman–Crippen LogP) is -15.5. The van der Waals surface area contributed by atoms with Gasteiger partial charge in [0.05, 0.1) is 58.3 Å². The molecule has 1 aromatic heterocycles. The quantitative estimate of drug-likeness (QED) is 0.0125. The van der Waals surface area contributed by atoms with E-state index in [1.165, 1.54) is 65.9 Å². The highest BCUT2D eigenvalue weighted by Crippen LogP contribution is 2.21. The number of H-pyrrole nitrogens is 1. The molecule has 1 aromatic rings. The van der Waals surface area contributed by atoms with Crippen molar-refractivity contribution in [1.29, 1.82) is 10.8 Å². The topological polar surface area (TPSA) is 967 Å². The molecule has 0 saturated carbocycles. The monoisotopic (exact) mass is 2090 g/mol. The van der Waals surface area contributed by atoms with Crippen LogP contribution in [0.2, 0.25) is 0 Å². The minimum absolute atomic E-state index is 0.00161. The smallest absolute Gasteiger partial charge is 0.326 e. The summed E-state index contributed by atoms with van der Waals surface area (Å²) in [5.41, 5.74) is 21.6. The first-order valence-corrected chi connectivity index (χ1v) is 47.1. The van der Waals surface area contributed by atoms with Gasteiger partial charge in [0.25, 0.3) is 0 Å². The lowest BCUT2D eigenvalue weighted by molar-refractivity contribution is -0.143. The van der Waals surface area contributed by atoms with Crippen LogP contribution in [0.15, 0.2) is 12.5 Å². The van der Waals surface area contributed by atoms with E-state index >= 15 is 0 Å². The number of carboxylic acids is 3. The number of amides is 22. The van der Waals surface area contributed by atoms with Crippen LogP contribution in [0.3, 0.4) is 0 Å². The summed E-state index contributed by atoms with van der Waals surface area (Å²) in [6.45, 7) is 5.64. The summed E-state index contributed by atoms with van der Waals surface area (Å²) in [5, 5.41) is 114. The zero-order chi connectivity index (χ0) is 110. The van der Waals surface area contributed by atoms with Crippen molar-refractivity contribution in [2.24, 2.45) is 34.8 Å². The number of hydrogen-bond acceptors (Lipinski definition) is 32. The molecule has 0 aliphatic carbocycles. The highest BCUT2D eigenvalue weighted by Gasteiger charge is 2.42. The lowest BCUT2D eigenvalue weighted by Crippen LogP contribution is -2.61. The predicted molar refractivity (Wildman–Crippen MR) is 510 cm³/mol. The third-order valence-corrected chi connectivity index (χ3v) is 22.6. The van der Waals surface area contributed by atoms with E-state index in [2.05, 4.69) is 134 Å². The van der Waals surface area contributed by atoms with Gasteiger partial charge in [0, 0.05) is 69.5 Å². The van der Waals surface area contributed by atoms with Crippen LogP contribution in [-0.4, -0.2) is 386 Å². The number of guanidine groups is 2. The van der Waals surface area contributed by atoms with Crippen molar-refractivity contribution < 1.29 is 145 Å². The van der Waals surface area contributed by atoms with Crippen LogP contribution in [0, 0.1) is 22.7 Å². The van der Waals surface area contributed by atoms with Gasteiger partial charge in [-0.15, -0.1) is 0 Å². The number of aromatic amines is 1. The third kappa shape index (κ3) is 45.1. The first-order valence-electron chi connectivity index (χ1n) is 46.5. The number of nitrogens with two attached hydrogens (primary N) is 4. The maximum atomic E-state index is 14.5. The number of nitrogens with zero attached hydrogens (tertiary/aromatic N) is 3. The summed E-state index contributed by atoms with van der Waals surface area (Å²) in [5.74, 6) is -29.0. The van der Waals surface area contributed by atoms with Gasteiger partial charge < -0.3 is 175 Å². The van der Waals surface area contributed by atoms with E-state index in [0.29, 0.717) is 12.8 Å². The molecule has 3 rings (SSSR count). The Balaban J connectivity index is 1.62. The molecule has 0 aromatic carbocycles. The van der Waals surface area contributed by atoms with E-state index in [4.69, 9.17) is 33.8 Å². The van der Waals surface area contributed by atoms with Crippen molar-refractivity contribution in [3.63, 3.8) is 0 Å². The Labute approximate surface area is 841 Å². The van der Waals surface area contributed by atoms with E-state index < -0.39 is 371 Å². The molecule has 0 radical (unpaired) electrons. The number of hydrogen-bond donors (Lipinski definition) is 34.